The number of carbonyl (C=O) groups is 1. The van der Waals surface area contributed by atoms with Crippen molar-refractivity contribution in [3.8, 4) is 0 Å². The van der Waals surface area contributed by atoms with E-state index >= 15 is 0 Å². The summed E-state index contributed by atoms with van der Waals surface area (Å²) in [5.41, 5.74) is 7.32. The number of rotatable bonds is 4. The second-order valence-electron chi connectivity index (χ2n) is 5.37. The van der Waals surface area contributed by atoms with Gasteiger partial charge in [0.1, 0.15) is 0 Å². The normalized spacial score (nSPS) is 18.7. The Balaban J connectivity index is 1.79. The number of nitrogens with two attached hydrogens (primary N) is 1. The van der Waals surface area contributed by atoms with Gasteiger partial charge in [0, 0.05) is 27.4 Å². The van der Waals surface area contributed by atoms with Gasteiger partial charge >= 0.3 is 0 Å². The highest BCUT2D eigenvalue weighted by atomic mass is 127. The van der Waals surface area contributed by atoms with Crippen LogP contribution in [0.25, 0.3) is 0 Å². The van der Waals surface area contributed by atoms with Crippen molar-refractivity contribution in [2.75, 3.05) is 12.3 Å². The van der Waals surface area contributed by atoms with Gasteiger partial charge in [0.05, 0.1) is 0 Å². The number of nitrogens with zero attached hydrogens (tertiary/aromatic N) is 1. The van der Waals surface area contributed by atoms with E-state index in [1.807, 2.05) is 18.2 Å². The van der Waals surface area contributed by atoms with E-state index in [0.29, 0.717) is 6.04 Å². The average molecular weight is 356 g/mol. The monoisotopic (exact) mass is 356 g/mol. The van der Waals surface area contributed by atoms with Crippen molar-refractivity contribution in [3.05, 3.63) is 27.3 Å². The second kappa shape index (κ2) is 4.72. The first-order valence-corrected chi connectivity index (χ1v) is 7.59. The summed E-state index contributed by atoms with van der Waals surface area (Å²) < 4.78 is 0.959. The van der Waals surface area contributed by atoms with Crippen LogP contribution in [-0.4, -0.2) is 23.4 Å². The summed E-state index contributed by atoms with van der Waals surface area (Å²) in [6.07, 6.45) is 4.92. The van der Waals surface area contributed by atoms with Crippen molar-refractivity contribution >= 4 is 34.2 Å². The van der Waals surface area contributed by atoms with Crippen LogP contribution in [0.5, 0.6) is 0 Å². The molecule has 2 fully saturated rings. The molecule has 0 radical (unpaired) electrons. The molecule has 0 spiro atoms. The molecule has 0 saturated heterocycles. The van der Waals surface area contributed by atoms with Gasteiger partial charge < -0.3 is 10.6 Å². The number of halogens is 1. The van der Waals surface area contributed by atoms with Gasteiger partial charge in [0.25, 0.3) is 5.91 Å². The van der Waals surface area contributed by atoms with Gasteiger partial charge in [0.2, 0.25) is 0 Å². The third-order valence-electron chi connectivity index (χ3n) is 3.65. The van der Waals surface area contributed by atoms with E-state index in [2.05, 4.69) is 27.5 Å². The highest BCUT2D eigenvalue weighted by Gasteiger charge is 2.36. The number of amides is 1. The Kier molecular flexibility index (Phi) is 3.21. The lowest BCUT2D eigenvalue weighted by molar-refractivity contribution is 0.0735. The smallest absolute Gasteiger partial charge is 0.254 e. The Hall–Kier alpha value is -0.780. The minimum absolute atomic E-state index is 0.183. The second-order valence-corrected chi connectivity index (χ2v) is 6.53. The molecular formula is C14H17IN2O. The van der Waals surface area contributed by atoms with E-state index in [9.17, 15) is 4.79 Å². The minimum atomic E-state index is 0.183. The van der Waals surface area contributed by atoms with Gasteiger partial charge in [-0.05, 0) is 72.4 Å². The van der Waals surface area contributed by atoms with Gasteiger partial charge in [-0.2, -0.15) is 0 Å². The molecule has 1 amide bonds. The zero-order valence-corrected chi connectivity index (χ0v) is 12.4. The topological polar surface area (TPSA) is 46.3 Å². The summed E-state index contributed by atoms with van der Waals surface area (Å²) >= 11 is 2.18. The van der Waals surface area contributed by atoms with Gasteiger partial charge in [-0.3, -0.25) is 4.79 Å². The van der Waals surface area contributed by atoms with E-state index in [-0.39, 0.29) is 5.91 Å². The Labute approximate surface area is 121 Å². The minimum Gasteiger partial charge on any atom is -0.398 e. The number of benzene rings is 1. The third kappa shape index (κ3) is 2.63. The quantitative estimate of drug-likeness (QED) is 0.666. The first kappa shape index (κ1) is 12.3. The van der Waals surface area contributed by atoms with Crippen LogP contribution in [-0.2, 0) is 0 Å². The van der Waals surface area contributed by atoms with Crippen molar-refractivity contribution in [3.63, 3.8) is 0 Å². The number of anilines is 1. The molecule has 0 unspecified atom stereocenters. The number of hydrogen-bond donors (Lipinski definition) is 1. The first-order chi connectivity index (χ1) is 8.65. The van der Waals surface area contributed by atoms with Gasteiger partial charge in [-0.15, -0.1) is 0 Å². The molecule has 0 heterocycles. The number of nitrogen functional groups attached to an aromatic ring is 1. The lowest BCUT2D eigenvalue weighted by Crippen LogP contribution is -2.35. The van der Waals surface area contributed by atoms with Crippen molar-refractivity contribution in [1.82, 2.24) is 4.90 Å². The maximum Gasteiger partial charge on any atom is 0.254 e. The summed E-state index contributed by atoms with van der Waals surface area (Å²) in [5.74, 6) is 0.935. The Morgan fingerprint density at radius 2 is 2.06 bits per heavy atom. The highest BCUT2D eigenvalue weighted by Crippen LogP contribution is 2.35. The van der Waals surface area contributed by atoms with E-state index in [0.717, 1.165) is 27.3 Å². The fraction of sp³-hybridized carbons (Fsp3) is 0.500. The summed E-state index contributed by atoms with van der Waals surface area (Å²) in [5, 5.41) is 0. The molecule has 2 aliphatic carbocycles. The van der Waals surface area contributed by atoms with Crippen LogP contribution in [0.1, 0.15) is 36.0 Å². The molecule has 1 aromatic rings. The average Bonchev–Trinajstić information content (AvgIpc) is 3.22. The third-order valence-corrected chi connectivity index (χ3v) is 4.58. The van der Waals surface area contributed by atoms with Crippen LogP contribution in [0.3, 0.4) is 0 Å². The van der Waals surface area contributed by atoms with E-state index < -0.39 is 0 Å². The van der Waals surface area contributed by atoms with Crippen LogP contribution in [0.15, 0.2) is 18.2 Å². The maximum atomic E-state index is 12.5. The van der Waals surface area contributed by atoms with Crippen molar-refractivity contribution < 1.29 is 4.79 Å². The molecule has 2 N–H and O–H groups in total. The molecule has 0 bridgehead atoms. The van der Waals surface area contributed by atoms with Crippen molar-refractivity contribution in [1.29, 1.82) is 0 Å². The summed E-state index contributed by atoms with van der Waals surface area (Å²) in [7, 11) is 0. The Bertz CT molecular complexity index is 481. The lowest BCUT2D eigenvalue weighted by atomic mass is 10.1. The molecule has 96 valence electrons. The number of hydrogen-bond acceptors (Lipinski definition) is 2. The van der Waals surface area contributed by atoms with Crippen LogP contribution in [0.2, 0.25) is 0 Å². The van der Waals surface area contributed by atoms with Crippen LogP contribution in [0, 0.1) is 9.49 Å². The van der Waals surface area contributed by atoms with Gasteiger partial charge in [-0.25, -0.2) is 0 Å². The predicted octanol–water partition coefficient (Wildman–Crippen LogP) is 2.89. The van der Waals surface area contributed by atoms with Crippen LogP contribution >= 0.6 is 22.6 Å². The molecular weight excluding hydrogens is 339 g/mol. The number of carbonyl (C=O) groups excluding carboxylic acids is 1. The Morgan fingerprint density at radius 3 is 2.61 bits per heavy atom. The summed E-state index contributed by atoms with van der Waals surface area (Å²) in [6.45, 7) is 0.949. The van der Waals surface area contributed by atoms with Gasteiger partial charge in [0.15, 0.2) is 0 Å². The SMILES string of the molecule is Nc1ccc(C(=O)N(CC2CC2)C2CC2)cc1I. The summed E-state index contributed by atoms with van der Waals surface area (Å²) in [4.78, 5) is 14.6. The maximum absolute atomic E-state index is 12.5. The van der Waals surface area contributed by atoms with Gasteiger partial charge in [-0.1, -0.05) is 0 Å². The Morgan fingerprint density at radius 1 is 1.33 bits per heavy atom. The molecule has 2 saturated carbocycles. The van der Waals surface area contributed by atoms with Crippen LogP contribution in [0.4, 0.5) is 5.69 Å². The molecule has 18 heavy (non-hydrogen) atoms. The fourth-order valence-electron chi connectivity index (χ4n) is 2.19. The molecule has 2 aliphatic rings. The standard InChI is InChI=1S/C14H17IN2O/c15-12-7-10(3-6-13(12)16)14(18)17(11-4-5-11)8-9-1-2-9/h3,6-7,9,11H,1-2,4-5,8,16H2. The lowest BCUT2D eigenvalue weighted by Gasteiger charge is -2.22. The highest BCUT2D eigenvalue weighted by molar-refractivity contribution is 14.1. The molecule has 3 nitrogen and oxygen atoms in total. The van der Waals surface area contributed by atoms with E-state index in [1.165, 1.54) is 25.7 Å². The first-order valence-electron chi connectivity index (χ1n) is 6.51. The summed E-state index contributed by atoms with van der Waals surface area (Å²) in [6, 6.07) is 6.08. The molecule has 4 heteroatoms. The van der Waals surface area contributed by atoms with Crippen LogP contribution < -0.4 is 5.73 Å². The molecule has 0 aliphatic heterocycles. The largest absolute Gasteiger partial charge is 0.398 e. The van der Waals surface area contributed by atoms with Crippen molar-refractivity contribution in [2.24, 2.45) is 5.92 Å². The zero-order chi connectivity index (χ0) is 12.7. The molecule has 0 aromatic heterocycles. The zero-order valence-electron chi connectivity index (χ0n) is 10.2. The predicted molar refractivity (Wildman–Crippen MR) is 80.4 cm³/mol. The van der Waals surface area contributed by atoms with E-state index in [1.54, 1.807) is 0 Å². The molecule has 1 aromatic carbocycles. The van der Waals surface area contributed by atoms with Crippen molar-refractivity contribution in [2.45, 2.75) is 31.7 Å². The van der Waals surface area contributed by atoms with E-state index in [4.69, 9.17) is 5.73 Å². The molecule has 3 rings (SSSR count). The fourth-order valence-corrected chi connectivity index (χ4v) is 2.70. The molecule has 0 atom stereocenters.